The van der Waals surface area contributed by atoms with Crippen LogP contribution in [0.2, 0.25) is 0 Å². The van der Waals surface area contributed by atoms with Crippen molar-refractivity contribution < 1.29 is 9.90 Å². The highest BCUT2D eigenvalue weighted by molar-refractivity contribution is 5.93. The zero-order valence-corrected chi connectivity index (χ0v) is 12.1. The first-order chi connectivity index (χ1) is 10.6. The van der Waals surface area contributed by atoms with Gasteiger partial charge in [-0.3, -0.25) is 14.2 Å². The van der Waals surface area contributed by atoms with E-state index in [0.29, 0.717) is 17.6 Å². The molecule has 6 heteroatoms. The lowest BCUT2D eigenvalue weighted by Crippen LogP contribution is -2.22. The quantitative estimate of drug-likeness (QED) is 0.798. The van der Waals surface area contributed by atoms with E-state index in [2.05, 4.69) is 4.98 Å². The summed E-state index contributed by atoms with van der Waals surface area (Å²) in [7, 11) is 0. The van der Waals surface area contributed by atoms with Gasteiger partial charge in [0, 0.05) is 18.3 Å². The smallest absolute Gasteiger partial charge is 0.323 e. The first kappa shape index (κ1) is 14.1. The monoisotopic (exact) mass is 297 g/mol. The SMILES string of the molecule is CCn1cnc2c(-c3ccccc3)cn(CC(=O)O)c2c1=O. The van der Waals surface area contributed by atoms with Crippen LogP contribution in [0.15, 0.2) is 47.7 Å². The van der Waals surface area contributed by atoms with Crippen molar-refractivity contribution in [1.29, 1.82) is 0 Å². The molecule has 0 aliphatic carbocycles. The van der Waals surface area contributed by atoms with Crippen molar-refractivity contribution in [2.24, 2.45) is 0 Å². The Morgan fingerprint density at radius 2 is 1.95 bits per heavy atom. The van der Waals surface area contributed by atoms with E-state index in [1.165, 1.54) is 15.5 Å². The second-order valence-electron chi connectivity index (χ2n) is 4.96. The number of aryl methyl sites for hydroxylation is 1. The van der Waals surface area contributed by atoms with Crippen LogP contribution in [0.4, 0.5) is 0 Å². The second kappa shape index (κ2) is 5.48. The van der Waals surface area contributed by atoms with E-state index in [-0.39, 0.29) is 12.1 Å². The number of carboxylic acids is 1. The molecule has 1 aromatic carbocycles. The van der Waals surface area contributed by atoms with Crippen LogP contribution >= 0.6 is 0 Å². The van der Waals surface area contributed by atoms with E-state index in [1.807, 2.05) is 37.3 Å². The summed E-state index contributed by atoms with van der Waals surface area (Å²) < 4.78 is 2.93. The molecule has 0 unspecified atom stereocenters. The lowest BCUT2D eigenvalue weighted by molar-refractivity contribution is -0.137. The maximum Gasteiger partial charge on any atom is 0.323 e. The predicted octanol–water partition coefficient (Wildman–Crippen LogP) is 1.97. The Kier molecular flexibility index (Phi) is 3.50. The highest BCUT2D eigenvalue weighted by Crippen LogP contribution is 2.27. The largest absolute Gasteiger partial charge is 0.480 e. The molecule has 0 aliphatic rings. The molecule has 0 amide bonds. The fourth-order valence-corrected chi connectivity index (χ4v) is 2.54. The molecule has 0 spiro atoms. The molecule has 0 atom stereocenters. The van der Waals surface area contributed by atoms with E-state index in [1.54, 1.807) is 6.20 Å². The maximum atomic E-state index is 12.5. The minimum Gasteiger partial charge on any atom is -0.480 e. The molecule has 0 aliphatic heterocycles. The van der Waals surface area contributed by atoms with Crippen LogP contribution in [-0.4, -0.2) is 25.2 Å². The standard InChI is InChI=1S/C16H15N3O3/c1-2-18-10-17-14-12(11-6-4-3-5-7-11)8-19(9-13(20)21)15(14)16(18)22/h3-8,10H,2,9H2,1H3,(H,20,21). The molecule has 0 fully saturated rings. The van der Waals surface area contributed by atoms with E-state index >= 15 is 0 Å². The van der Waals surface area contributed by atoms with Gasteiger partial charge in [-0.15, -0.1) is 0 Å². The number of rotatable bonds is 4. The number of fused-ring (bicyclic) bond motifs is 1. The first-order valence-corrected chi connectivity index (χ1v) is 6.97. The zero-order valence-electron chi connectivity index (χ0n) is 12.1. The zero-order chi connectivity index (χ0) is 15.7. The van der Waals surface area contributed by atoms with Gasteiger partial charge in [0.1, 0.15) is 17.6 Å². The predicted molar refractivity (Wildman–Crippen MR) is 82.7 cm³/mol. The number of nitrogens with zero attached hydrogens (tertiary/aromatic N) is 3. The van der Waals surface area contributed by atoms with Gasteiger partial charge in [0.15, 0.2) is 0 Å². The summed E-state index contributed by atoms with van der Waals surface area (Å²) in [6, 6.07) is 9.50. The summed E-state index contributed by atoms with van der Waals surface area (Å²) in [6.45, 7) is 2.06. The number of aliphatic carboxylic acids is 1. The summed E-state index contributed by atoms with van der Waals surface area (Å²) in [5.74, 6) is -0.997. The van der Waals surface area contributed by atoms with Crippen LogP contribution in [0, 0.1) is 0 Å². The third-order valence-electron chi connectivity index (χ3n) is 3.57. The first-order valence-electron chi connectivity index (χ1n) is 6.97. The van der Waals surface area contributed by atoms with E-state index in [0.717, 1.165) is 11.1 Å². The maximum absolute atomic E-state index is 12.5. The Bertz CT molecular complexity index is 894. The number of aromatic nitrogens is 3. The highest BCUT2D eigenvalue weighted by Gasteiger charge is 2.17. The molecule has 0 radical (unpaired) electrons. The van der Waals surface area contributed by atoms with Crippen molar-refractivity contribution in [1.82, 2.24) is 14.1 Å². The Balaban J connectivity index is 2.34. The summed E-state index contributed by atoms with van der Waals surface area (Å²) in [5.41, 5.74) is 2.29. The van der Waals surface area contributed by atoms with Crippen LogP contribution in [0.3, 0.4) is 0 Å². The minimum absolute atomic E-state index is 0.226. The number of carboxylic acid groups (broad SMARTS) is 1. The second-order valence-corrected chi connectivity index (χ2v) is 4.96. The van der Waals surface area contributed by atoms with Crippen LogP contribution in [0.5, 0.6) is 0 Å². The van der Waals surface area contributed by atoms with Gasteiger partial charge in [-0.25, -0.2) is 4.98 Å². The van der Waals surface area contributed by atoms with Crippen LogP contribution in [0.1, 0.15) is 6.92 Å². The average molecular weight is 297 g/mol. The van der Waals surface area contributed by atoms with Crippen molar-refractivity contribution in [3.63, 3.8) is 0 Å². The summed E-state index contributed by atoms with van der Waals surface area (Å²) in [4.78, 5) is 28.0. The normalized spacial score (nSPS) is 11.0. The molecule has 0 saturated carbocycles. The molecule has 0 saturated heterocycles. The van der Waals surface area contributed by atoms with Gasteiger partial charge in [0.25, 0.3) is 5.56 Å². The fourth-order valence-electron chi connectivity index (χ4n) is 2.54. The average Bonchev–Trinajstić information content (AvgIpc) is 2.87. The van der Waals surface area contributed by atoms with E-state index in [9.17, 15) is 9.59 Å². The van der Waals surface area contributed by atoms with Crippen LogP contribution in [0.25, 0.3) is 22.2 Å². The third-order valence-corrected chi connectivity index (χ3v) is 3.57. The summed E-state index contributed by atoms with van der Waals surface area (Å²) in [6.07, 6.45) is 3.19. The lowest BCUT2D eigenvalue weighted by atomic mass is 10.1. The van der Waals surface area contributed by atoms with Gasteiger partial charge in [0.05, 0.1) is 6.33 Å². The molecular formula is C16H15N3O3. The molecule has 22 heavy (non-hydrogen) atoms. The molecule has 3 rings (SSSR count). The topological polar surface area (TPSA) is 77.1 Å². The Morgan fingerprint density at radius 3 is 2.59 bits per heavy atom. The third kappa shape index (κ3) is 2.28. The Labute approximate surface area is 126 Å². The minimum atomic E-state index is -0.997. The summed E-state index contributed by atoms with van der Waals surface area (Å²) >= 11 is 0. The van der Waals surface area contributed by atoms with Crippen molar-refractivity contribution in [3.05, 3.63) is 53.2 Å². The molecule has 112 valence electrons. The van der Waals surface area contributed by atoms with E-state index in [4.69, 9.17) is 5.11 Å². The molecule has 2 aromatic heterocycles. The van der Waals surface area contributed by atoms with Gasteiger partial charge < -0.3 is 9.67 Å². The van der Waals surface area contributed by atoms with Gasteiger partial charge in [0.2, 0.25) is 0 Å². The molecule has 6 nitrogen and oxygen atoms in total. The van der Waals surface area contributed by atoms with Crippen LogP contribution in [-0.2, 0) is 17.9 Å². The van der Waals surface area contributed by atoms with Crippen LogP contribution < -0.4 is 5.56 Å². The lowest BCUT2D eigenvalue weighted by Gasteiger charge is -2.03. The van der Waals surface area contributed by atoms with Crippen molar-refractivity contribution in [2.75, 3.05) is 0 Å². The van der Waals surface area contributed by atoms with Gasteiger partial charge in [-0.2, -0.15) is 0 Å². The number of benzene rings is 1. The highest BCUT2D eigenvalue weighted by atomic mass is 16.4. The number of hydrogen-bond acceptors (Lipinski definition) is 3. The number of hydrogen-bond donors (Lipinski definition) is 1. The van der Waals surface area contributed by atoms with Gasteiger partial charge >= 0.3 is 5.97 Å². The van der Waals surface area contributed by atoms with E-state index < -0.39 is 5.97 Å². The van der Waals surface area contributed by atoms with Gasteiger partial charge in [-0.1, -0.05) is 30.3 Å². The Hall–Kier alpha value is -2.89. The molecule has 1 N–H and O–H groups in total. The van der Waals surface area contributed by atoms with Crippen molar-refractivity contribution in [2.45, 2.75) is 20.0 Å². The summed E-state index contributed by atoms with van der Waals surface area (Å²) in [5, 5.41) is 9.07. The fraction of sp³-hybridized carbons (Fsp3) is 0.188. The number of carbonyl (C=O) groups is 1. The Morgan fingerprint density at radius 1 is 1.23 bits per heavy atom. The van der Waals surface area contributed by atoms with Gasteiger partial charge in [-0.05, 0) is 12.5 Å². The van der Waals surface area contributed by atoms with Crippen molar-refractivity contribution >= 4 is 17.0 Å². The molecule has 0 bridgehead atoms. The molecule has 3 aromatic rings. The molecule has 2 heterocycles. The molecular weight excluding hydrogens is 282 g/mol. The van der Waals surface area contributed by atoms with Crippen molar-refractivity contribution in [3.8, 4) is 11.1 Å².